The Balaban J connectivity index is 2.08. The van der Waals surface area contributed by atoms with Crippen LogP contribution in [0.5, 0.6) is 0 Å². The molecule has 0 spiro atoms. The fraction of sp³-hybridized carbons (Fsp3) is 0.600. The van der Waals surface area contributed by atoms with Gasteiger partial charge in [-0.25, -0.2) is 8.42 Å². The van der Waals surface area contributed by atoms with Gasteiger partial charge in [0.15, 0.2) is 0 Å². The highest BCUT2D eigenvalue weighted by Gasteiger charge is 2.29. The molecule has 1 N–H and O–H groups in total. The van der Waals surface area contributed by atoms with Crippen LogP contribution in [0.2, 0.25) is 0 Å². The van der Waals surface area contributed by atoms with Gasteiger partial charge in [-0.1, -0.05) is 12.1 Å². The predicted octanol–water partition coefficient (Wildman–Crippen LogP) is 0.936. The second-order valence-electron chi connectivity index (χ2n) is 5.72. The van der Waals surface area contributed by atoms with Crippen LogP contribution in [0.15, 0.2) is 29.2 Å². The molecule has 0 saturated carbocycles. The number of aliphatic hydroxyl groups excluding tert-OH is 1. The molecular weight excluding hydrogens is 288 g/mol. The van der Waals surface area contributed by atoms with Gasteiger partial charge in [-0.2, -0.15) is 4.31 Å². The molecule has 1 heterocycles. The van der Waals surface area contributed by atoms with Crippen LogP contribution in [0.25, 0.3) is 0 Å². The molecule has 5 nitrogen and oxygen atoms in total. The molecule has 21 heavy (non-hydrogen) atoms. The maximum atomic E-state index is 12.6. The molecule has 0 radical (unpaired) electrons. The van der Waals surface area contributed by atoms with Crippen molar-refractivity contribution < 1.29 is 13.5 Å². The van der Waals surface area contributed by atoms with Crippen molar-refractivity contribution in [2.75, 3.05) is 33.8 Å². The van der Waals surface area contributed by atoms with E-state index in [4.69, 9.17) is 5.11 Å². The number of hydrogen-bond donors (Lipinski definition) is 1. The fourth-order valence-electron chi connectivity index (χ4n) is 2.71. The summed E-state index contributed by atoms with van der Waals surface area (Å²) in [4.78, 5) is 2.50. The van der Waals surface area contributed by atoms with E-state index in [2.05, 4.69) is 4.90 Å². The number of rotatable bonds is 5. The first kappa shape index (κ1) is 16.4. The van der Waals surface area contributed by atoms with Crippen molar-refractivity contribution in [2.45, 2.75) is 30.2 Å². The summed E-state index contributed by atoms with van der Waals surface area (Å²) >= 11 is 0. The van der Waals surface area contributed by atoms with Crippen LogP contribution >= 0.6 is 0 Å². The highest BCUT2D eigenvalue weighted by molar-refractivity contribution is 7.89. The minimum absolute atomic E-state index is 0.0736. The summed E-state index contributed by atoms with van der Waals surface area (Å²) in [5.74, 6) is 0. The molecule has 1 saturated heterocycles. The van der Waals surface area contributed by atoms with E-state index in [1.54, 1.807) is 28.6 Å². The standard InChI is InChI=1S/C15H24N2O3S/c1-16(2)14-7-10-17(11-8-14)21(19,20)15-5-3-13(4-6-15)9-12-18/h3-6,14,18H,7-12H2,1-2H3. The Morgan fingerprint density at radius 1 is 1.19 bits per heavy atom. The van der Waals surface area contributed by atoms with Crippen LogP contribution in [-0.4, -0.2) is 62.6 Å². The van der Waals surface area contributed by atoms with Gasteiger partial charge in [0.2, 0.25) is 10.0 Å². The van der Waals surface area contributed by atoms with Crippen molar-refractivity contribution in [3.63, 3.8) is 0 Å². The monoisotopic (exact) mass is 312 g/mol. The third-order valence-electron chi connectivity index (χ3n) is 4.12. The van der Waals surface area contributed by atoms with Crippen molar-refractivity contribution >= 4 is 10.0 Å². The second kappa shape index (κ2) is 6.87. The second-order valence-corrected chi connectivity index (χ2v) is 7.65. The first-order valence-electron chi connectivity index (χ1n) is 7.31. The van der Waals surface area contributed by atoms with E-state index < -0.39 is 10.0 Å². The SMILES string of the molecule is CN(C)C1CCN(S(=O)(=O)c2ccc(CCO)cc2)CC1. The molecule has 6 heteroatoms. The van der Waals surface area contributed by atoms with E-state index in [0.717, 1.165) is 18.4 Å². The first-order chi connectivity index (χ1) is 9.95. The number of sulfonamides is 1. The van der Waals surface area contributed by atoms with Crippen molar-refractivity contribution in [3.05, 3.63) is 29.8 Å². The van der Waals surface area contributed by atoms with Gasteiger partial charge < -0.3 is 10.0 Å². The van der Waals surface area contributed by atoms with E-state index in [9.17, 15) is 8.42 Å². The summed E-state index contributed by atoms with van der Waals surface area (Å²) in [7, 11) is 0.682. The molecule has 0 unspecified atom stereocenters. The van der Waals surface area contributed by atoms with Crippen LogP contribution in [0.4, 0.5) is 0 Å². The Morgan fingerprint density at radius 2 is 1.76 bits per heavy atom. The summed E-state index contributed by atoms with van der Waals surface area (Å²) in [5.41, 5.74) is 0.947. The molecule has 2 rings (SSSR count). The Hall–Kier alpha value is -0.950. The van der Waals surface area contributed by atoms with Crippen LogP contribution in [-0.2, 0) is 16.4 Å². The van der Waals surface area contributed by atoms with Crippen molar-refractivity contribution in [1.29, 1.82) is 0 Å². The maximum absolute atomic E-state index is 12.6. The van der Waals surface area contributed by atoms with E-state index in [-0.39, 0.29) is 6.61 Å². The number of hydrogen-bond acceptors (Lipinski definition) is 4. The summed E-state index contributed by atoms with van der Waals surface area (Å²) in [6.45, 7) is 1.22. The van der Waals surface area contributed by atoms with Gasteiger partial charge in [-0.3, -0.25) is 0 Å². The third-order valence-corrected chi connectivity index (χ3v) is 6.03. The van der Waals surface area contributed by atoms with Crippen LogP contribution in [0, 0.1) is 0 Å². The Labute approximate surface area is 127 Å². The smallest absolute Gasteiger partial charge is 0.243 e. The summed E-state index contributed by atoms with van der Waals surface area (Å²) in [5, 5.41) is 8.89. The molecular formula is C15H24N2O3S. The highest BCUT2D eigenvalue weighted by atomic mass is 32.2. The zero-order valence-electron chi connectivity index (χ0n) is 12.7. The number of aliphatic hydroxyl groups is 1. The minimum atomic E-state index is -3.39. The molecule has 118 valence electrons. The Bertz CT molecular complexity index is 547. The quantitative estimate of drug-likeness (QED) is 0.879. The van der Waals surface area contributed by atoms with Crippen LogP contribution < -0.4 is 0 Å². The zero-order chi connectivity index (χ0) is 15.5. The van der Waals surface area contributed by atoms with Gasteiger partial charge in [-0.05, 0) is 51.1 Å². The van der Waals surface area contributed by atoms with Gasteiger partial charge in [0, 0.05) is 25.7 Å². The van der Waals surface area contributed by atoms with E-state index in [1.165, 1.54) is 0 Å². The van der Waals surface area contributed by atoms with Gasteiger partial charge in [0.05, 0.1) is 4.90 Å². The Morgan fingerprint density at radius 3 is 2.24 bits per heavy atom. The molecule has 0 aliphatic carbocycles. The van der Waals surface area contributed by atoms with Gasteiger partial charge >= 0.3 is 0 Å². The molecule has 1 aliphatic rings. The largest absolute Gasteiger partial charge is 0.396 e. The highest BCUT2D eigenvalue weighted by Crippen LogP contribution is 2.22. The zero-order valence-corrected chi connectivity index (χ0v) is 13.5. The lowest BCUT2D eigenvalue weighted by Gasteiger charge is -2.34. The predicted molar refractivity (Wildman–Crippen MR) is 82.7 cm³/mol. The molecule has 0 aromatic heterocycles. The molecule has 1 aromatic rings. The summed E-state index contributed by atoms with van der Waals surface area (Å²) < 4.78 is 26.8. The topological polar surface area (TPSA) is 60.9 Å². The maximum Gasteiger partial charge on any atom is 0.243 e. The molecule has 0 atom stereocenters. The number of piperidine rings is 1. The van der Waals surface area contributed by atoms with Crippen molar-refractivity contribution in [1.82, 2.24) is 9.21 Å². The average Bonchev–Trinajstić information content (AvgIpc) is 2.48. The summed E-state index contributed by atoms with van der Waals surface area (Å²) in [6.07, 6.45) is 2.29. The van der Waals surface area contributed by atoms with Crippen molar-refractivity contribution in [3.8, 4) is 0 Å². The van der Waals surface area contributed by atoms with E-state index in [1.807, 2.05) is 14.1 Å². The molecule has 1 fully saturated rings. The molecule has 0 bridgehead atoms. The number of benzene rings is 1. The van der Waals surface area contributed by atoms with E-state index in [0.29, 0.717) is 30.4 Å². The normalized spacial score (nSPS) is 18.3. The van der Waals surface area contributed by atoms with Gasteiger partial charge in [0.25, 0.3) is 0 Å². The lowest BCUT2D eigenvalue weighted by molar-refractivity contribution is 0.196. The third kappa shape index (κ3) is 3.83. The number of nitrogens with zero attached hydrogens (tertiary/aromatic N) is 2. The minimum Gasteiger partial charge on any atom is -0.396 e. The lowest BCUT2D eigenvalue weighted by atomic mass is 10.1. The lowest BCUT2D eigenvalue weighted by Crippen LogP contribution is -2.44. The van der Waals surface area contributed by atoms with Crippen LogP contribution in [0.3, 0.4) is 0 Å². The van der Waals surface area contributed by atoms with Gasteiger partial charge in [-0.15, -0.1) is 0 Å². The Kier molecular flexibility index (Phi) is 5.37. The van der Waals surface area contributed by atoms with E-state index >= 15 is 0 Å². The molecule has 1 aliphatic heterocycles. The summed E-state index contributed by atoms with van der Waals surface area (Å²) in [6, 6.07) is 7.28. The van der Waals surface area contributed by atoms with Gasteiger partial charge in [0.1, 0.15) is 0 Å². The fourth-order valence-corrected chi connectivity index (χ4v) is 4.17. The average molecular weight is 312 g/mol. The first-order valence-corrected chi connectivity index (χ1v) is 8.75. The van der Waals surface area contributed by atoms with Crippen molar-refractivity contribution in [2.24, 2.45) is 0 Å². The molecule has 1 aromatic carbocycles. The van der Waals surface area contributed by atoms with Crippen LogP contribution in [0.1, 0.15) is 18.4 Å². The molecule has 0 amide bonds.